The van der Waals surface area contributed by atoms with Gasteiger partial charge >= 0.3 is 0 Å². The molecule has 3 rings (SSSR count). The first-order chi connectivity index (χ1) is 13.1. The number of thioether (sulfide) groups is 1. The molecular formula is C19H19N5O2S. The second kappa shape index (κ2) is 8.56. The summed E-state index contributed by atoms with van der Waals surface area (Å²) >= 11 is 1.30. The summed E-state index contributed by atoms with van der Waals surface area (Å²) in [4.78, 5) is 12.3. The number of para-hydroxylation sites is 1. The molecule has 2 heterocycles. The third-order valence-corrected chi connectivity index (χ3v) is 4.63. The molecule has 0 saturated heterocycles. The van der Waals surface area contributed by atoms with Crippen LogP contribution < -0.4 is 5.32 Å². The Labute approximate surface area is 161 Å². The number of amides is 1. The molecule has 7 nitrogen and oxygen atoms in total. The van der Waals surface area contributed by atoms with Gasteiger partial charge in [-0.15, -0.1) is 10.2 Å². The fourth-order valence-corrected chi connectivity index (χ4v) is 3.27. The maximum absolute atomic E-state index is 12.3. The van der Waals surface area contributed by atoms with Crippen LogP contribution in [0.3, 0.4) is 0 Å². The molecule has 27 heavy (non-hydrogen) atoms. The van der Waals surface area contributed by atoms with Crippen molar-refractivity contribution in [2.45, 2.75) is 25.5 Å². The van der Waals surface area contributed by atoms with E-state index < -0.39 is 0 Å². The molecule has 0 fully saturated rings. The lowest BCUT2D eigenvalue weighted by Gasteiger charge is -2.11. The Hall–Kier alpha value is -3.05. The van der Waals surface area contributed by atoms with Gasteiger partial charge in [0.25, 0.3) is 0 Å². The average Bonchev–Trinajstić information content (AvgIpc) is 3.30. The van der Waals surface area contributed by atoms with E-state index in [1.807, 2.05) is 10.6 Å². The van der Waals surface area contributed by atoms with Crippen molar-refractivity contribution < 1.29 is 9.21 Å². The lowest BCUT2D eigenvalue weighted by molar-refractivity contribution is -0.113. The zero-order valence-electron chi connectivity index (χ0n) is 15.0. The summed E-state index contributed by atoms with van der Waals surface area (Å²) in [5.74, 6) is 1.62. The van der Waals surface area contributed by atoms with E-state index in [-0.39, 0.29) is 11.7 Å². The number of hydrogen-bond donors (Lipinski definition) is 1. The molecule has 1 aromatic carbocycles. The van der Waals surface area contributed by atoms with E-state index in [0.29, 0.717) is 40.5 Å². The van der Waals surface area contributed by atoms with E-state index >= 15 is 0 Å². The van der Waals surface area contributed by atoms with Crippen LogP contribution in [0.15, 0.2) is 52.2 Å². The topological polar surface area (TPSA) is 96.7 Å². The highest BCUT2D eigenvalue weighted by molar-refractivity contribution is 7.99. The molecule has 8 heteroatoms. The first kappa shape index (κ1) is 18.7. The van der Waals surface area contributed by atoms with Crippen molar-refractivity contribution in [3.8, 4) is 17.7 Å². The average molecular weight is 381 g/mol. The van der Waals surface area contributed by atoms with E-state index in [4.69, 9.17) is 9.68 Å². The summed E-state index contributed by atoms with van der Waals surface area (Å²) in [6.07, 6.45) is 1.59. The number of carbonyl (C=O) groups is 1. The van der Waals surface area contributed by atoms with Gasteiger partial charge in [0.15, 0.2) is 16.7 Å². The van der Waals surface area contributed by atoms with Crippen LogP contribution in [-0.2, 0) is 11.3 Å². The highest BCUT2D eigenvalue weighted by Gasteiger charge is 2.18. The molecule has 0 aliphatic heterocycles. The first-order valence-corrected chi connectivity index (χ1v) is 9.46. The molecule has 0 aliphatic carbocycles. The lowest BCUT2D eigenvalue weighted by Crippen LogP contribution is -2.16. The second-order valence-electron chi connectivity index (χ2n) is 6.28. The Morgan fingerprint density at radius 3 is 2.81 bits per heavy atom. The van der Waals surface area contributed by atoms with Gasteiger partial charge in [0.2, 0.25) is 5.91 Å². The van der Waals surface area contributed by atoms with Crippen LogP contribution in [0, 0.1) is 17.2 Å². The monoisotopic (exact) mass is 381 g/mol. The Balaban J connectivity index is 1.72. The van der Waals surface area contributed by atoms with Crippen LogP contribution >= 0.6 is 11.8 Å². The number of rotatable bonds is 7. The van der Waals surface area contributed by atoms with Crippen LogP contribution in [0.4, 0.5) is 5.69 Å². The van der Waals surface area contributed by atoms with Crippen LogP contribution in [-0.4, -0.2) is 26.4 Å². The van der Waals surface area contributed by atoms with Gasteiger partial charge in [-0.1, -0.05) is 37.7 Å². The normalized spacial score (nSPS) is 10.7. The van der Waals surface area contributed by atoms with Crippen molar-refractivity contribution in [3.63, 3.8) is 0 Å². The van der Waals surface area contributed by atoms with Crippen molar-refractivity contribution in [1.82, 2.24) is 14.8 Å². The lowest BCUT2D eigenvalue weighted by atomic mass is 10.2. The summed E-state index contributed by atoms with van der Waals surface area (Å²) in [6, 6.07) is 12.6. The van der Waals surface area contributed by atoms with Crippen molar-refractivity contribution >= 4 is 23.4 Å². The summed E-state index contributed by atoms with van der Waals surface area (Å²) < 4.78 is 7.41. The summed E-state index contributed by atoms with van der Waals surface area (Å²) in [5, 5.41) is 21.0. The van der Waals surface area contributed by atoms with Crippen molar-refractivity contribution in [1.29, 1.82) is 5.26 Å². The van der Waals surface area contributed by atoms with Gasteiger partial charge in [0.05, 0.1) is 23.3 Å². The highest BCUT2D eigenvalue weighted by atomic mass is 32.2. The third-order valence-electron chi connectivity index (χ3n) is 3.66. The number of furan rings is 1. The number of benzene rings is 1. The van der Waals surface area contributed by atoms with Gasteiger partial charge in [-0.05, 0) is 30.2 Å². The smallest absolute Gasteiger partial charge is 0.234 e. The fourth-order valence-electron chi connectivity index (χ4n) is 2.52. The van der Waals surface area contributed by atoms with Gasteiger partial charge in [-0.25, -0.2) is 0 Å². The third kappa shape index (κ3) is 4.57. The van der Waals surface area contributed by atoms with Gasteiger partial charge in [-0.2, -0.15) is 5.26 Å². The van der Waals surface area contributed by atoms with Gasteiger partial charge in [0, 0.05) is 6.54 Å². The molecule has 1 N–H and O–H groups in total. The van der Waals surface area contributed by atoms with Crippen LogP contribution in [0.2, 0.25) is 0 Å². The van der Waals surface area contributed by atoms with E-state index in [0.717, 1.165) is 0 Å². The Morgan fingerprint density at radius 2 is 2.11 bits per heavy atom. The van der Waals surface area contributed by atoms with Gasteiger partial charge < -0.3 is 9.73 Å². The second-order valence-corrected chi connectivity index (χ2v) is 7.22. The number of nitrogens with zero attached hydrogens (tertiary/aromatic N) is 4. The number of carbonyl (C=O) groups excluding carboxylic acids is 1. The van der Waals surface area contributed by atoms with E-state index in [1.54, 1.807) is 36.6 Å². The zero-order chi connectivity index (χ0) is 19.2. The number of nitrogens with one attached hydrogen (secondary N) is 1. The molecule has 2 aromatic heterocycles. The standard InChI is InChI=1S/C19H19N5O2S/c1-13(2)11-24-18(16-8-5-9-26-16)22-23-19(24)27-12-17(25)21-15-7-4-3-6-14(15)10-20/h3-9,13H,11-12H2,1-2H3,(H,21,25). The molecule has 3 aromatic rings. The predicted octanol–water partition coefficient (Wildman–Crippen LogP) is 3.80. The molecule has 138 valence electrons. The fraction of sp³-hybridized carbons (Fsp3) is 0.263. The number of hydrogen-bond acceptors (Lipinski definition) is 6. The van der Waals surface area contributed by atoms with Crippen molar-refractivity contribution in [3.05, 3.63) is 48.2 Å². The minimum atomic E-state index is -0.207. The van der Waals surface area contributed by atoms with Crippen LogP contribution in [0.25, 0.3) is 11.6 Å². The predicted molar refractivity (Wildman–Crippen MR) is 103 cm³/mol. The molecule has 0 atom stereocenters. The molecule has 0 saturated carbocycles. The Bertz CT molecular complexity index is 957. The SMILES string of the molecule is CC(C)Cn1c(SCC(=O)Nc2ccccc2C#N)nnc1-c1ccco1. The maximum Gasteiger partial charge on any atom is 0.234 e. The zero-order valence-corrected chi connectivity index (χ0v) is 15.9. The van der Waals surface area contributed by atoms with E-state index in [9.17, 15) is 4.79 Å². The molecule has 0 bridgehead atoms. The molecule has 0 spiro atoms. The summed E-state index contributed by atoms with van der Waals surface area (Å²) in [5.41, 5.74) is 0.935. The van der Waals surface area contributed by atoms with Crippen LogP contribution in [0.5, 0.6) is 0 Å². The van der Waals surface area contributed by atoms with Crippen LogP contribution in [0.1, 0.15) is 19.4 Å². The highest BCUT2D eigenvalue weighted by Crippen LogP contribution is 2.25. The van der Waals surface area contributed by atoms with Gasteiger partial charge in [-0.3, -0.25) is 9.36 Å². The van der Waals surface area contributed by atoms with Crippen molar-refractivity contribution in [2.24, 2.45) is 5.92 Å². The molecule has 0 radical (unpaired) electrons. The minimum Gasteiger partial charge on any atom is -0.461 e. The summed E-state index contributed by atoms with van der Waals surface area (Å²) in [7, 11) is 0. The Morgan fingerprint density at radius 1 is 1.30 bits per heavy atom. The molecule has 1 amide bonds. The Kier molecular flexibility index (Phi) is 5.94. The minimum absolute atomic E-state index is 0.161. The molecule has 0 aliphatic rings. The first-order valence-electron chi connectivity index (χ1n) is 8.47. The number of nitriles is 1. The molecular weight excluding hydrogens is 362 g/mol. The number of aromatic nitrogens is 3. The number of anilines is 1. The van der Waals surface area contributed by atoms with E-state index in [1.165, 1.54) is 11.8 Å². The molecule has 0 unspecified atom stereocenters. The largest absolute Gasteiger partial charge is 0.461 e. The quantitative estimate of drug-likeness (QED) is 0.625. The summed E-state index contributed by atoms with van der Waals surface area (Å²) in [6.45, 7) is 4.92. The van der Waals surface area contributed by atoms with Crippen molar-refractivity contribution in [2.75, 3.05) is 11.1 Å². The van der Waals surface area contributed by atoms with E-state index in [2.05, 4.69) is 35.4 Å². The van der Waals surface area contributed by atoms with Gasteiger partial charge in [0.1, 0.15) is 6.07 Å². The maximum atomic E-state index is 12.3.